The van der Waals surface area contributed by atoms with E-state index in [0.717, 1.165) is 31.2 Å². The normalized spacial score (nSPS) is 20.5. The van der Waals surface area contributed by atoms with E-state index in [-0.39, 0.29) is 41.7 Å². The Hall–Kier alpha value is -3.16. The second-order valence-corrected chi connectivity index (χ2v) is 9.25. The lowest BCUT2D eigenvalue weighted by Crippen LogP contribution is -2.65. The second kappa shape index (κ2) is 9.77. The number of aromatic nitrogens is 2. The van der Waals surface area contributed by atoms with Gasteiger partial charge in [-0.25, -0.2) is 4.98 Å². The number of carbonyl (C=O) groups excluding carboxylic acids is 3. The van der Waals surface area contributed by atoms with E-state index in [1.54, 1.807) is 9.47 Å². The first kappa shape index (κ1) is 23.0. The van der Waals surface area contributed by atoms with Crippen LogP contribution >= 0.6 is 0 Å². The molecule has 8 heteroatoms. The predicted molar refractivity (Wildman–Crippen MR) is 125 cm³/mol. The molecule has 2 N–H and O–H groups in total. The van der Waals surface area contributed by atoms with E-state index in [1.165, 1.54) is 6.33 Å². The van der Waals surface area contributed by atoms with Gasteiger partial charge in [-0.2, -0.15) is 0 Å². The minimum atomic E-state index is -1.02. The van der Waals surface area contributed by atoms with Crippen molar-refractivity contribution in [3.63, 3.8) is 0 Å². The first-order valence-corrected chi connectivity index (χ1v) is 11.9. The van der Waals surface area contributed by atoms with E-state index in [9.17, 15) is 14.4 Å². The Morgan fingerprint density at radius 2 is 1.91 bits per heavy atom. The fourth-order valence-corrected chi connectivity index (χ4v) is 4.89. The molecule has 0 saturated heterocycles. The fourth-order valence-electron chi connectivity index (χ4n) is 4.89. The van der Waals surface area contributed by atoms with Crippen LogP contribution in [0, 0.1) is 0 Å². The third kappa shape index (κ3) is 4.65. The van der Waals surface area contributed by atoms with Gasteiger partial charge in [0.15, 0.2) is 5.69 Å². The molecule has 0 bridgehead atoms. The molecule has 1 fully saturated rings. The number of imidazole rings is 1. The van der Waals surface area contributed by atoms with E-state index >= 15 is 0 Å². The fraction of sp³-hybridized carbons (Fsp3) is 0.520. The van der Waals surface area contributed by atoms with Crippen LogP contribution in [0.25, 0.3) is 0 Å². The summed E-state index contributed by atoms with van der Waals surface area (Å²) in [6.07, 6.45) is 7.11. The van der Waals surface area contributed by atoms with Crippen molar-refractivity contribution in [1.29, 1.82) is 0 Å². The molecule has 1 aromatic heterocycles. The molecule has 1 aliphatic carbocycles. The van der Waals surface area contributed by atoms with Crippen molar-refractivity contribution in [3.05, 3.63) is 53.6 Å². The summed E-state index contributed by atoms with van der Waals surface area (Å²) < 4.78 is 1.66. The number of nitrogens with zero attached hydrogens (tertiary/aromatic N) is 3. The minimum Gasteiger partial charge on any atom is -0.351 e. The Labute approximate surface area is 194 Å². The highest BCUT2D eigenvalue weighted by Crippen LogP contribution is 2.30. The molecule has 0 radical (unpaired) electrons. The number of amides is 3. The highest BCUT2D eigenvalue weighted by molar-refractivity contribution is 6.07. The average Bonchev–Trinajstić information content (AvgIpc) is 3.47. The third-order valence-electron chi connectivity index (χ3n) is 6.74. The van der Waals surface area contributed by atoms with Gasteiger partial charge in [0.05, 0.1) is 12.9 Å². The molecule has 8 nitrogen and oxygen atoms in total. The molecule has 0 unspecified atom stereocenters. The number of rotatable bonds is 8. The number of carbonyl (C=O) groups is 3. The predicted octanol–water partition coefficient (Wildman–Crippen LogP) is 2.54. The molecular weight excluding hydrogens is 418 g/mol. The molecule has 0 spiro atoms. The number of hydrogen-bond acceptors (Lipinski definition) is 4. The molecule has 1 aromatic carbocycles. The lowest BCUT2D eigenvalue weighted by Gasteiger charge is -2.44. The first-order valence-electron chi connectivity index (χ1n) is 11.9. The summed E-state index contributed by atoms with van der Waals surface area (Å²) in [5, 5.41) is 6.03. The van der Waals surface area contributed by atoms with Crippen LogP contribution in [0.3, 0.4) is 0 Å². The van der Waals surface area contributed by atoms with Gasteiger partial charge in [-0.3, -0.25) is 14.4 Å². The van der Waals surface area contributed by atoms with Crippen LogP contribution in [0.2, 0.25) is 0 Å². The van der Waals surface area contributed by atoms with Gasteiger partial charge >= 0.3 is 0 Å². The number of benzene rings is 1. The highest BCUT2D eigenvalue weighted by atomic mass is 16.2. The summed E-state index contributed by atoms with van der Waals surface area (Å²) in [6, 6.07) is 10.1. The third-order valence-corrected chi connectivity index (χ3v) is 6.74. The number of fused-ring (bicyclic) bond motifs is 1. The number of nitrogens with one attached hydrogen (secondary N) is 2. The Morgan fingerprint density at radius 1 is 1.18 bits per heavy atom. The molecule has 4 rings (SSSR count). The van der Waals surface area contributed by atoms with Crippen LogP contribution < -0.4 is 10.6 Å². The maximum absolute atomic E-state index is 13.6. The molecule has 1 atom stereocenters. The van der Waals surface area contributed by atoms with Crippen molar-refractivity contribution in [2.75, 3.05) is 13.1 Å². The van der Waals surface area contributed by atoms with E-state index in [4.69, 9.17) is 0 Å². The molecule has 1 aliphatic heterocycles. The maximum atomic E-state index is 13.6. The molecule has 176 valence electrons. The van der Waals surface area contributed by atoms with Crippen molar-refractivity contribution in [1.82, 2.24) is 25.1 Å². The summed E-state index contributed by atoms with van der Waals surface area (Å²) in [4.78, 5) is 45.6. The summed E-state index contributed by atoms with van der Waals surface area (Å²) in [5.41, 5.74) is 0.475. The quantitative estimate of drug-likeness (QED) is 0.645. The lowest BCUT2D eigenvalue weighted by molar-refractivity contribution is -0.133. The van der Waals surface area contributed by atoms with Gasteiger partial charge < -0.3 is 20.1 Å². The zero-order valence-corrected chi connectivity index (χ0v) is 19.5. The van der Waals surface area contributed by atoms with Crippen LogP contribution in [0.15, 0.2) is 36.7 Å². The highest BCUT2D eigenvalue weighted by Gasteiger charge is 2.48. The maximum Gasteiger partial charge on any atom is 0.273 e. The molecular formula is C25H33N5O3. The van der Waals surface area contributed by atoms with Crippen molar-refractivity contribution in [2.45, 2.75) is 70.5 Å². The van der Waals surface area contributed by atoms with Crippen molar-refractivity contribution >= 4 is 17.7 Å². The Balaban J connectivity index is 1.51. The topological polar surface area (TPSA) is 96.3 Å². The van der Waals surface area contributed by atoms with Crippen LogP contribution in [0.4, 0.5) is 0 Å². The van der Waals surface area contributed by atoms with E-state index in [2.05, 4.69) is 15.6 Å². The van der Waals surface area contributed by atoms with Gasteiger partial charge in [-0.1, -0.05) is 50.1 Å². The van der Waals surface area contributed by atoms with Crippen LogP contribution in [-0.2, 0) is 17.8 Å². The van der Waals surface area contributed by atoms with E-state index in [0.29, 0.717) is 25.9 Å². The summed E-state index contributed by atoms with van der Waals surface area (Å²) in [6.45, 7) is 4.95. The van der Waals surface area contributed by atoms with Gasteiger partial charge in [0, 0.05) is 19.1 Å². The SMILES string of the molecule is CCCN1C(=O)c2c(C(=O)NCCc3ccccc3)ncn2C[C@]1(C)C(=O)NC1CCCC1. The van der Waals surface area contributed by atoms with Crippen LogP contribution in [0.5, 0.6) is 0 Å². The van der Waals surface area contributed by atoms with Crippen molar-refractivity contribution < 1.29 is 14.4 Å². The average molecular weight is 452 g/mol. The standard InChI is InChI=1S/C25H33N5O3/c1-3-15-30-23(32)21-20(22(31)26-14-13-18-9-5-4-6-10-18)27-17-29(21)16-25(30,2)24(33)28-19-11-7-8-12-19/h4-6,9-10,17,19H,3,7-8,11-16H2,1-2H3,(H,26,31)(H,28,33)/t25-/m1/s1. The summed E-state index contributed by atoms with van der Waals surface area (Å²) in [5.74, 6) is -0.828. The van der Waals surface area contributed by atoms with Crippen LogP contribution in [0.1, 0.15) is 72.5 Å². The van der Waals surface area contributed by atoms with Gasteiger partial charge in [-0.05, 0) is 38.2 Å². The summed E-state index contributed by atoms with van der Waals surface area (Å²) in [7, 11) is 0. The Morgan fingerprint density at radius 3 is 2.61 bits per heavy atom. The molecule has 3 amide bonds. The van der Waals surface area contributed by atoms with Gasteiger partial charge in [-0.15, -0.1) is 0 Å². The molecule has 2 aromatic rings. The lowest BCUT2D eigenvalue weighted by atomic mass is 9.93. The van der Waals surface area contributed by atoms with Crippen molar-refractivity contribution in [3.8, 4) is 0 Å². The summed E-state index contributed by atoms with van der Waals surface area (Å²) >= 11 is 0. The Kier molecular flexibility index (Phi) is 6.81. The van der Waals surface area contributed by atoms with E-state index < -0.39 is 5.54 Å². The minimum absolute atomic E-state index is 0.118. The molecule has 2 heterocycles. The zero-order valence-electron chi connectivity index (χ0n) is 19.5. The number of hydrogen-bond donors (Lipinski definition) is 2. The molecule has 1 saturated carbocycles. The van der Waals surface area contributed by atoms with Crippen LogP contribution in [-0.4, -0.2) is 56.8 Å². The van der Waals surface area contributed by atoms with Crippen molar-refractivity contribution in [2.24, 2.45) is 0 Å². The monoisotopic (exact) mass is 451 g/mol. The second-order valence-electron chi connectivity index (χ2n) is 9.25. The molecule has 33 heavy (non-hydrogen) atoms. The smallest absolute Gasteiger partial charge is 0.273 e. The largest absolute Gasteiger partial charge is 0.351 e. The molecule has 2 aliphatic rings. The van der Waals surface area contributed by atoms with Gasteiger partial charge in [0.25, 0.3) is 11.8 Å². The van der Waals surface area contributed by atoms with Gasteiger partial charge in [0.1, 0.15) is 11.2 Å². The first-order chi connectivity index (χ1) is 15.9. The Bertz CT molecular complexity index is 1010. The zero-order chi connectivity index (χ0) is 23.4. The van der Waals surface area contributed by atoms with E-state index in [1.807, 2.05) is 44.2 Å². The van der Waals surface area contributed by atoms with Gasteiger partial charge in [0.2, 0.25) is 5.91 Å².